The molecule has 4 aliphatic rings. The fourth-order valence-corrected chi connectivity index (χ4v) is 6.87. The number of carbonyl (C=O) groups is 4. The summed E-state index contributed by atoms with van der Waals surface area (Å²) in [5.74, 6) is -5.67. The molecule has 0 aromatic heterocycles. The third-order valence-electron chi connectivity index (χ3n) is 8.69. The van der Waals surface area contributed by atoms with Crippen LogP contribution in [0.15, 0.2) is 97.1 Å². The standard InChI is InChI=1S/C33H22FN3O6/c34-20-13-9-18(10-14-20)26(38)17-35(31(39)19-11-15-21(16-12-19)37(42)43)36-32(40)29-27-22-5-1-2-6-23(22)28(30(29)33(36)41)25-8-4-3-7-24(25)27/h1-16,27-30H,17H2/t27?,28?,29-,30+. The molecule has 43 heavy (non-hydrogen) atoms. The van der Waals surface area contributed by atoms with Gasteiger partial charge in [0.05, 0.1) is 16.8 Å². The summed E-state index contributed by atoms with van der Waals surface area (Å²) in [6, 6.07) is 24.8. The lowest BCUT2D eigenvalue weighted by atomic mass is 9.55. The zero-order valence-corrected chi connectivity index (χ0v) is 22.4. The van der Waals surface area contributed by atoms with E-state index < -0.39 is 64.5 Å². The molecule has 4 aromatic rings. The summed E-state index contributed by atoms with van der Waals surface area (Å²) >= 11 is 0. The number of amides is 3. The Bertz CT molecular complexity index is 1740. The summed E-state index contributed by atoms with van der Waals surface area (Å²) in [7, 11) is 0. The predicted molar refractivity (Wildman–Crippen MR) is 150 cm³/mol. The van der Waals surface area contributed by atoms with Crippen LogP contribution in [-0.2, 0) is 9.59 Å². The number of ketones is 1. The molecule has 10 heteroatoms. The predicted octanol–water partition coefficient (Wildman–Crippen LogP) is 4.87. The largest absolute Gasteiger partial charge is 0.292 e. The van der Waals surface area contributed by atoms with Crippen molar-refractivity contribution in [3.8, 4) is 0 Å². The lowest BCUT2D eigenvalue weighted by molar-refractivity contribution is -0.384. The van der Waals surface area contributed by atoms with Gasteiger partial charge in [0.1, 0.15) is 12.4 Å². The van der Waals surface area contributed by atoms with Gasteiger partial charge in [-0.3, -0.25) is 29.3 Å². The van der Waals surface area contributed by atoms with Crippen molar-refractivity contribution in [1.82, 2.24) is 10.0 Å². The van der Waals surface area contributed by atoms with E-state index in [1.165, 1.54) is 24.3 Å². The Balaban J connectivity index is 1.32. The minimum atomic E-state index is -0.854. The quantitative estimate of drug-likeness (QED) is 0.140. The molecule has 1 aliphatic heterocycles. The van der Waals surface area contributed by atoms with Gasteiger partial charge in [0.25, 0.3) is 23.4 Å². The summed E-state index contributed by atoms with van der Waals surface area (Å²) in [4.78, 5) is 66.5. The van der Waals surface area contributed by atoms with Crippen LogP contribution in [0, 0.1) is 27.8 Å². The average molecular weight is 576 g/mol. The van der Waals surface area contributed by atoms with E-state index in [1.807, 2.05) is 48.5 Å². The van der Waals surface area contributed by atoms with E-state index in [0.717, 1.165) is 56.5 Å². The normalized spacial score (nSPS) is 21.2. The molecule has 1 saturated heterocycles. The van der Waals surface area contributed by atoms with Crippen molar-refractivity contribution in [2.24, 2.45) is 11.8 Å². The number of nitrogens with zero attached hydrogens (tertiary/aromatic N) is 3. The summed E-state index contributed by atoms with van der Waals surface area (Å²) < 4.78 is 13.6. The SMILES string of the molecule is O=C(CN(C(=O)c1ccc([N+](=O)[O-])cc1)N1C(=O)[C@@H]2C3c4ccccc4C(c4ccccc43)[C@@H]2C1=O)c1ccc(F)cc1. The number of imide groups is 1. The van der Waals surface area contributed by atoms with Crippen LogP contribution < -0.4 is 0 Å². The van der Waals surface area contributed by atoms with Crippen LogP contribution in [0.5, 0.6) is 0 Å². The molecular weight excluding hydrogens is 553 g/mol. The van der Waals surface area contributed by atoms with E-state index in [4.69, 9.17) is 0 Å². The molecule has 3 amide bonds. The first-order valence-corrected chi connectivity index (χ1v) is 13.7. The van der Waals surface area contributed by atoms with E-state index in [-0.39, 0.29) is 16.8 Å². The fourth-order valence-electron chi connectivity index (χ4n) is 6.87. The molecule has 0 spiro atoms. The van der Waals surface area contributed by atoms with Gasteiger partial charge in [-0.05, 0) is 58.7 Å². The van der Waals surface area contributed by atoms with Crippen molar-refractivity contribution >= 4 is 29.2 Å². The second kappa shape index (κ2) is 9.80. The summed E-state index contributed by atoms with van der Waals surface area (Å²) in [5, 5.41) is 12.8. The van der Waals surface area contributed by atoms with E-state index >= 15 is 0 Å². The minimum absolute atomic E-state index is 0.0532. The maximum absolute atomic E-state index is 14.3. The van der Waals surface area contributed by atoms with Crippen LogP contribution >= 0.6 is 0 Å². The third kappa shape index (κ3) is 3.98. The van der Waals surface area contributed by atoms with Crippen molar-refractivity contribution in [2.75, 3.05) is 6.54 Å². The minimum Gasteiger partial charge on any atom is -0.292 e. The van der Waals surface area contributed by atoms with Crippen LogP contribution in [0.25, 0.3) is 0 Å². The number of carbonyl (C=O) groups excluding carboxylic acids is 4. The molecule has 0 saturated carbocycles. The van der Waals surface area contributed by atoms with Gasteiger partial charge >= 0.3 is 0 Å². The molecule has 2 atom stereocenters. The molecule has 0 unspecified atom stereocenters. The molecule has 0 radical (unpaired) electrons. The van der Waals surface area contributed by atoms with Crippen molar-refractivity contribution in [2.45, 2.75) is 11.8 Å². The third-order valence-corrected chi connectivity index (χ3v) is 8.69. The Morgan fingerprint density at radius 1 is 0.721 bits per heavy atom. The molecule has 8 rings (SSSR count). The first-order chi connectivity index (χ1) is 20.8. The van der Waals surface area contributed by atoms with E-state index in [9.17, 15) is 33.7 Å². The molecular formula is C33H22FN3O6. The lowest BCUT2D eigenvalue weighted by Crippen LogP contribution is -2.52. The molecule has 2 bridgehead atoms. The van der Waals surface area contributed by atoms with Crippen LogP contribution in [0.4, 0.5) is 10.1 Å². The van der Waals surface area contributed by atoms with E-state index in [0.29, 0.717) is 0 Å². The molecule has 0 N–H and O–H groups in total. The number of nitro benzene ring substituents is 1. The van der Waals surface area contributed by atoms with Crippen LogP contribution in [0.2, 0.25) is 0 Å². The van der Waals surface area contributed by atoms with Gasteiger partial charge in [-0.1, -0.05) is 48.5 Å². The van der Waals surface area contributed by atoms with Crippen LogP contribution in [-0.4, -0.2) is 45.0 Å². The monoisotopic (exact) mass is 575 g/mol. The lowest BCUT2D eigenvalue weighted by Gasteiger charge is -2.45. The zero-order chi connectivity index (χ0) is 30.0. The fraction of sp³-hybridized carbons (Fsp3) is 0.152. The van der Waals surface area contributed by atoms with Crippen molar-refractivity contribution in [3.63, 3.8) is 0 Å². The Morgan fingerprint density at radius 2 is 1.16 bits per heavy atom. The number of hydrogen-bond acceptors (Lipinski definition) is 6. The van der Waals surface area contributed by atoms with Gasteiger partial charge in [0.2, 0.25) is 0 Å². The number of hydrogen-bond donors (Lipinski definition) is 0. The number of hydrazine groups is 1. The second-order valence-corrected chi connectivity index (χ2v) is 10.8. The van der Waals surface area contributed by atoms with Crippen molar-refractivity contribution in [1.29, 1.82) is 0 Å². The van der Waals surface area contributed by atoms with Gasteiger partial charge in [0, 0.05) is 35.1 Å². The number of benzene rings is 4. The van der Waals surface area contributed by atoms with Gasteiger partial charge < -0.3 is 0 Å². The molecule has 4 aromatic carbocycles. The molecule has 3 aliphatic carbocycles. The maximum atomic E-state index is 14.3. The topological polar surface area (TPSA) is 118 Å². The average Bonchev–Trinajstić information content (AvgIpc) is 3.29. The summed E-state index contributed by atoms with van der Waals surface area (Å²) in [6.45, 7) is -0.687. The Hall–Kier alpha value is -5.51. The smallest absolute Gasteiger partial charge is 0.273 e. The highest BCUT2D eigenvalue weighted by atomic mass is 19.1. The van der Waals surface area contributed by atoms with Gasteiger partial charge in [-0.15, -0.1) is 0 Å². The molecule has 1 heterocycles. The highest BCUT2D eigenvalue weighted by Gasteiger charge is 2.63. The molecule has 1 fully saturated rings. The Morgan fingerprint density at radius 3 is 1.60 bits per heavy atom. The first-order valence-electron chi connectivity index (χ1n) is 13.7. The molecule has 9 nitrogen and oxygen atoms in total. The number of rotatable bonds is 6. The molecule has 212 valence electrons. The Kier molecular flexibility index (Phi) is 6.01. The summed E-state index contributed by atoms with van der Waals surface area (Å²) in [5.41, 5.74) is 3.58. The van der Waals surface area contributed by atoms with Gasteiger partial charge in [-0.2, -0.15) is 5.01 Å². The van der Waals surface area contributed by atoms with E-state index in [1.54, 1.807) is 0 Å². The highest BCUT2D eigenvalue weighted by Crippen LogP contribution is 2.61. The van der Waals surface area contributed by atoms with Gasteiger partial charge in [0.15, 0.2) is 5.78 Å². The van der Waals surface area contributed by atoms with Gasteiger partial charge in [-0.25, -0.2) is 9.40 Å². The van der Waals surface area contributed by atoms with Crippen LogP contribution in [0.3, 0.4) is 0 Å². The number of Topliss-reactive ketones (excluding diaryl/α,β-unsaturated/α-hetero) is 1. The first kappa shape index (κ1) is 26.4. The van der Waals surface area contributed by atoms with E-state index in [2.05, 4.69) is 0 Å². The zero-order valence-electron chi connectivity index (χ0n) is 22.4. The number of halogens is 1. The number of non-ortho nitro benzene ring substituents is 1. The van der Waals surface area contributed by atoms with Crippen LogP contribution in [0.1, 0.15) is 54.8 Å². The highest BCUT2D eigenvalue weighted by molar-refractivity contribution is 6.11. The summed E-state index contributed by atoms with van der Waals surface area (Å²) in [6.07, 6.45) is 0. The second-order valence-electron chi connectivity index (χ2n) is 10.8. The maximum Gasteiger partial charge on any atom is 0.273 e. The van der Waals surface area contributed by atoms with Crippen molar-refractivity contribution < 1.29 is 28.5 Å². The number of nitro groups is 1. The Labute approximate surface area is 244 Å². The van der Waals surface area contributed by atoms with Crippen molar-refractivity contribution in [3.05, 3.63) is 146 Å².